The maximum absolute atomic E-state index is 13.4. The van der Waals surface area contributed by atoms with Crippen LogP contribution in [0.4, 0.5) is 0 Å². The van der Waals surface area contributed by atoms with Crippen molar-refractivity contribution < 1.29 is 26.3 Å². The van der Waals surface area contributed by atoms with Crippen molar-refractivity contribution in [2.45, 2.75) is 15.0 Å². The SMILES string of the molecule is COc1ccc(S(=O)(=O)NC[C@@H](c2cccnc2)S(=O)(=O)c2ccc(Cl)cc2)c(OC)c1. The average molecular weight is 497 g/mol. The van der Waals surface area contributed by atoms with E-state index in [0.717, 1.165) is 0 Å². The summed E-state index contributed by atoms with van der Waals surface area (Å²) in [4.78, 5) is 3.85. The molecule has 2 aromatic carbocycles. The second-order valence-corrected chi connectivity index (χ2v) is 10.9. The van der Waals surface area contributed by atoms with E-state index >= 15 is 0 Å². The predicted molar refractivity (Wildman–Crippen MR) is 120 cm³/mol. The fourth-order valence-corrected chi connectivity index (χ4v) is 6.09. The van der Waals surface area contributed by atoms with Gasteiger partial charge in [-0.1, -0.05) is 17.7 Å². The number of nitrogens with zero attached hydrogens (tertiary/aromatic N) is 1. The third-order valence-electron chi connectivity index (χ3n) is 4.69. The molecule has 0 spiro atoms. The summed E-state index contributed by atoms with van der Waals surface area (Å²) in [5.41, 5.74) is 0.340. The highest BCUT2D eigenvalue weighted by molar-refractivity contribution is 7.92. The van der Waals surface area contributed by atoms with Crippen LogP contribution in [0.3, 0.4) is 0 Å². The third-order valence-corrected chi connectivity index (χ3v) is 8.52. The molecule has 0 saturated carbocycles. The minimum absolute atomic E-state index is 0.0111. The van der Waals surface area contributed by atoms with Gasteiger partial charge in [-0.25, -0.2) is 21.6 Å². The van der Waals surface area contributed by atoms with E-state index in [9.17, 15) is 16.8 Å². The van der Waals surface area contributed by atoms with Gasteiger partial charge in [0.15, 0.2) is 9.84 Å². The normalized spacial score (nSPS) is 12.8. The number of aromatic nitrogens is 1. The van der Waals surface area contributed by atoms with E-state index in [4.69, 9.17) is 21.1 Å². The second kappa shape index (κ2) is 9.86. The molecule has 1 aromatic heterocycles. The Morgan fingerprint density at radius 3 is 2.31 bits per heavy atom. The summed E-state index contributed by atoms with van der Waals surface area (Å²) in [6.45, 7) is -0.422. The minimum atomic E-state index is -4.12. The van der Waals surface area contributed by atoms with E-state index in [1.165, 1.54) is 69.1 Å². The van der Waals surface area contributed by atoms with Crippen molar-refractivity contribution in [3.63, 3.8) is 0 Å². The Hall–Kier alpha value is -2.66. The Morgan fingerprint density at radius 2 is 1.72 bits per heavy atom. The van der Waals surface area contributed by atoms with Gasteiger partial charge in [0.05, 0.1) is 19.1 Å². The van der Waals surface area contributed by atoms with Crippen molar-refractivity contribution >= 4 is 31.5 Å². The first-order valence-corrected chi connectivity index (χ1v) is 12.7. The number of methoxy groups -OCH3 is 2. The number of ether oxygens (including phenoxy) is 2. The average Bonchev–Trinajstić information content (AvgIpc) is 2.79. The van der Waals surface area contributed by atoms with E-state index in [1.807, 2.05) is 0 Å². The van der Waals surface area contributed by atoms with Crippen molar-refractivity contribution in [2.75, 3.05) is 20.8 Å². The molecule has 3 rings (SSSR count). The molecule has 0 aliphatic rings. The van der Waals surface area contributed by atoms with E-state index in [2.05, 4.69) is 9.71 Å². The van der Waals surface area contributed by atoms with Gasteiger partial charge in [0.2, 0.25) is 10.0 Å². The van der Waals surface area contributed by atoms with Crippen molar-refractivity contribution in [3.8, 4) is 11.5 Å². The Balaban J connectivity index is 1.97. The lowest BCUT2D eigenvalue weighted by molar-refractivity contribution is 0.386. The highest BCUT2D eigenvalue weighted by Gasteiger charge is 2.31. The lowest BCUT2D eigenvalue weighted by Gasteiger charge is -2.19. The molecule has 8 nitrogen and oxygen atoms in total. The van der Waals surface area contributed by atoms with Gasteiger partial charge < -0.3 is 9.47 Å². The zero-order valence-corrected chi connectivity index (χ0v) is 19.6. The molecule has 0 aliphatic heterocycles. The summed E-state index contributed by atoms with van der Waals surface area (Å²) >= 11 is 5.88. The van der Waals surface area contributed by atoms with Crippen LogP contribution >= 0.6 is 11.6 Å². The van der Waals surface area contributed by atoms with Gasteiger partial charge in [-0.15, -0.1) is 0 Å². The summed E-state index contributed by atoms with van der Waals surface area (Å²) in [6, 6.07) is 13.1. The molecule has 170 valence electrons. The van der Waals surface area contributed by atoms with E-state index < -0.39 is 31.7 Å². The molecular formula is C21H21ClN2O6S2. The Morgan fingerprint density at radius 1 is 1.00 bits per heavy atom. The molecule has 3 aromatic rings. The molecule has 11 heteroatoms. The lowest BCUT2D eigenvalue weighted by atomic mass is 10.2. The standard InChI is InChI=1S/C21H21ClN2O6S2/c1-29-17-7-10-20(19(12-17)30-2)32(27,28)24-14-21(15-4-3-11-23-13-15)31(25,26)18-8-5-16(22)6-9-18/h3-13,21,24H,14H2,1-2H3/t21-/m0/s1. The van der Waals surface area contributed by atoms with E-state index in [-0.39, 0.29) is 15.5 Å². The maximum Gasteiger partial charge on any atom is 0.244 e. The third kappa shape index (κ3) is 5.21. The van der Waals surface area contributed by atoms with Crippen LogP contribution in [0.15, 0.2) is 76.8 Å². The Bertz CT molecular complexity index is 1280. The number of pyridine rings is 1. The van der Waals surface area contributed by atoms with Crippen LogP contribution in [-0.2, 0) is 19.9 Å². The number of sulfonamides is 1. The zero-order valence-electron chi connectivity index (χ0n) is 17.2. The molecule has 1 N–H and O–H groups in total. The number of benzene rings is 2. The van der Waals surface area contributed by atoms with Crippen molar-refractivity contribution in [1.82, 2.24) is 9.71 Å². The second-order valence-electron chi connectivity index (χ2n) is 6.64. The highest BCUT2D eigenvalue weighted by Crippen LogP contribution is 2.31. The van der Waals surface area contributed by atoms with E-state index in [1.54, 1.807) is 12.1 Å². The van der Waals surface area contributed by atoms with Crippen LogP contribution in [0.5, 0.6) is 11.5 Å². The highest BCUT2D eigenvalue weighted by atomic mass is 35.5. The van der Waals surface area contributed by atoms with Crippen molar-refractivity contribution in [1.29, 1.82) is 0 Å². The quantitative estimate of drug-likeness (QED) is 0.484. The molecular weight excluding hydrogens is 476 g/mol. The van der Waals surface area contributed by atoms with Gasteiger partial charge in [-0.2, -0.15) is 0 Å². The van der Waals surface area contributed by atoms with Crippen LogP contribution < -0.4 is 14.2 Å². The first-order chi connectivity index (χ1) is 15.2. The van der Waals surface area contributed by atoms with Crippen molar-refractivity contribution in [2.24, 2.45) is 0 Å². The largest absolute Gasteiger partial charge is 0.497 e. The first kappa shape index (κ1) is 24.0. The van der Waals surface area contributed by atoms with Crippen LogP contribution in [0, 0.1) is 0 Å². The maximum atomic E-state index is 13.4. The number of sulfone groups is 1. The van der Waals surface area contributed by atoms with Gasteiger partial charge >= 0.3 is 0 Å². The lowest BCUT2D eigenvalue weighted by Crippen LogP contribution is -2.32. The van der Waals surface area contributed by atoms with Gasteiger partial charge in [0.25, 0.3) is 0 Å². The number of halogens is 1. The van der Waals surface area contributed by atoms with Crippen LogP contribution in [0.25, 0.3) is 0 Å². The smallest absolute Gasteiger partial charge is 0.244 e. The summed E-state index contributed by atoms with van der Waals surface area (Å²) in [7, 11) is -5.32. The fourth-order valence-electron chi connectivity index (χ4n) is 3.02. The van der Waals surface area contributed by atoms with Gasteiger partial charge in [0, 0.05) is 30.0 Å². The molecule has 1 atom stereocenters. The molecule has 0 amide bonds. The predicted octanol–water partition coefficient (Wildman–Crippen LogP) is 3.25. The fraction of sp³-hybridized carbons (Fsp3) is 0.190. The Kier molecular flexibility index (Phi) is 7.40. The van der Waals surface area contributed by atoms with Gasteiger partial charge in [-0.05, 0) is 48.0 Å². The van der Waals surface area contributed by atoms with Crippen molar-refractivity contribution in [3.05, 3.63) is 77.6 Å². The zero-order chi connectivity index (χ0) is 23.4. The molecule has 0 aliphatic carbocycles. The first-order valence-electron chi connectivity index (χ1n) is 9.30. The molecule has 1 heterocycles. The van der Waals surface area contributed by atoms with Crippen LogP contribution in [0.1, 0.15) is 10.8 Å². The summed E-state index contributed by atoms with van der Waals surface area (Å²) in [5, 5.41) is -0.842. The van der Waals surface area contributed by atoms with Crippen LogP contribution in [-0.4, -0.2) is 42.6 Å². The van der Waals surface area contributed by atoms with Gasteiger partial charge in [-0.3, -0.25) is 4.98 Å². The molecule has 32 heavy (non-hydrogen) atoms. The Labute approximate surface area is 192 Å². The number of nitrogens with one attached hydrogen (secondary N) is 1. The van der Waals surface area contributed by atoms with E-state index in [0.29, 0.717) is 16.3 Å². The summed E-state index contributed by atoms with van der Waals surface area (Å²) in [5.74, 6) is 0.481. The molecule has 0 bridgehead atoms. The van der Waals surface area contributed by atoms with Crippen LogP contribution in [0.2, 0.25) is 5.02 Å². The number of hydrogen-bond donors (Lipinski definition) is 1. The minimum Gasteiger partial charge on any atom is -0.497 e. The molecule has 0 radical (unpaired) electrons. The number of hydrogen-bond acceptors (Lipinski definition) is 7. The summed E-state index contributed by atoms with van der Waals surface area (Å²) < 4.78 is 65.4. The topological polar surface area (TPSA) is 112 Å². The molecule has 0 saturated heterocycles. The van der Waals surface area contributed by atoms with Gasteiger partial charge in [0.1, 0.15) is 21.6 Å². The summed E-state index contributed by atoms with van der Waals surface area (Å²) in [6.07, 6.45) is 2.89. The number of rotatable bonds is 9. The molecule has 0 unspecified atom stereocenters. The molecule has 0 fully saturated rings. The monoisotopic (exact) mass is 496 g/mol.